The molecule has 5 aromatic rings. The zero-order chi connectivity index (χ0) is 29.6. The molecule has 2 aliphatic rings. The van der Waals surface area contributed by atoms with Crippen molar-refractivity contribution in [2.75, 3.05) is 6.54 Å². The van der Waals surface area contributed by atoms with E-state index >= 15 is 0 Å². The molecule has 9 heteroatoms. The summed E-state index contributed by atoms with van der Waals surface area (Å²) >= 11 is 0. The monoisotopic (exact) mass is 575 g/mol. The molecule has 3 aromatic heterocycles. The summed E-state index contributed by atoms with van der Waals surface area (Å²) in [6.07, 6.45) is 12.1. The third-order valence-corrected chi connectivity index (χ3v) is 8.47. The Morgan fingerprint density at radius 2 is 1.47 bits per heavy atom. The largest absolute Gasteiger partial charge is 0.444 e. The number of aromatic amines is 2. The maximum absolute atomic E-state index is 12.8. The maximum Gasteiger partial charge on any atom is 0.410 e. The Kier molecular flexibility index (Phi) is 6.95. The van der Waals surface area contributed by atoms with E-state index in [9.17, 15) is 4.79 Å². The second-order valence-corrected chi connectivity index (χ2v) is 12.7. The summed E-state index contributed by atoms with van der Waals surface area (Å²) in [5, 5.41) is 0. The number of nitrogens with zero attached hydrogens (tertiary/aromatic N) is 5. The summed E-state index contributed by atoms with van der Waals surface area (Å²) in [6.45, 7) is 6.33. The number of benzene rings is 2. The quantitative estimate of drug-likeness (QED) is 0.221. The Bertz CT molecular complexity index is 1760. The van der Waals surface area contributed by atoms with Gasteiger partial charge in [0.1, 0.15) is 17.2 Å². The highest BCUT2D eigenvalue weighted by Gasteiger charge is 2.34. The molecule has 0 unspecified atom stereocenters. The van der Waals surface area contributed by atoms with E-state index in [2.05, 4.69) is 61.3 Å². The lowest BCUT2D eigenvalue weighted by atomic mass is 10.1. The normalized spacial score (nSPS) is 17.7. The van der Waals surface area contributed by atoms with E-state index in [-0.39, 0.29) is 12.1 Å². The fourth-order valence-electron chi connectivity index (χ4n) is 6.27. The van der Waals surface area contributed by atoms with Crippen LogP contribution < -0.4 is 0 Å². The molecule has 0 radical (unpaired) electrons. The number of aromatic nitrogens is 6. The van der Waals surface area contributed by atoms with Crippen molar-refractivity contribution in [3.05, 3.63) is 72.7 Å². The van der Waals surface area contributed by atoms with Crippen molar-refractivity contribution in [2.45, 2.75) is 76.9 Å². The average Bonchev–Trinajstić information content (AvgIpc) is 3.82. The molecule has 43 heavy (non-hydrogen) atoms. The summed E-state index contributed by atoms with van der Waals surface area (Å²) < 4.78 is 5.63. The van der Waals surface area contributed by atoms with Gasteiger partial charge in [0.05, 0.1) is 52.7 Å². The smallest absolute Gasteiger partial charge is 0.410 e. The topological polar surface area (TPSA) is 113 Å². The first kappa shape index (κ1) is 27.3. The predicted molar refractivity (Wildman–Crippen MR) is 166 cm³/mol. The number of rotatable bonds is 5. The van der Waals surface area contributed by atoms with Gasteiger partial charge in [-0.3, -0.25) is 9.88 Å². The predicted octanol–water partition coefficient (Wildman–Crippen LogP) is 7.81. The fourth-order valence-corrected chi connectivity index (χ4v) is 6.27. The SMILES string of the molecule is CC(C)(C)OC(=O)N1CCC[C@H]1c1ncc(-c2ccc(-c3cnc4ccc(-c5cnc(C6CCCC6)[nH]5)cc4n3)cc2)[nH]1. The van der Waals surface area contributed by atoms with Crippen LogP contribution in [0, 0.1) is 0 Å². The first-order valence-corrected chi connectivity index (χ1v) is 15.3. The van der Waals surface area contributed by atoms with Crippen molar-refractivity contribution in [3.8, 4) is 33.8 Å². The van der Waals surface area contributed by atoms with Crippen LogP contribution in [0.3, 0.4) is 0 Å². The summed E-state index contributed by atoms with van der Waals surface area (Å²) in [5.41, 5.74) is 6.98. The number of imidazole rings is 2. The minimum atomic E-state index is -0.531. The van der Waals surface area contributed by atoms with Crippen molar-refractivity contribution >= 4 is 17.1 Å². The molecular weight excluding hydrogens is 538 g/mol. The highest BCUT2D eigenvalue weighted by molar-refractivity contribution is 5.82. The van der Waals surface area contributed by atoms with E-state index in [0.717, 1.165) is 69.3 Å². The van der Waals surface area contributed by atoms with Gasteiger partial charge in [0, 0.05) is 23.6 Å². The summed E-state index contributed by atoms with van der Waals surface area (Å²) in [7, 11) is 0. The molecule has 1 aliphatic heterocycles. The fraction of sp³-hybridized carbons (Fsp3) is 0.382. The van der Waals surface area contributed by atoms with Crippen LogP contribution in [0.2, 0.25) is 0 Å². The second kappa shape index (κ2) is 10.9. The van der Waals surface area contributed by atoms with Crippen LogP contribution in [0.25, 0.3) is 44.8 Å². The van der Waals surface area contributed by atoms with Crippen molar-refractivity contribution in [1.29, 1.82) is 0 Å². The molecule has 2 fully saturated rings. The molecule has 1 amide bonds. The van der Waals surface area contributed by atoms with Gasteiger partial charge in [-0.1, -0.05) is 43.2 Å². The number of nitrogens with one attached hydrogen (secondary N) is 2. The van der Waals surface area contributed by atoms with Gasteiger partial charge in [0.25, 0.3) is 0 Å². The van der Waals surface area contributed by atoms with Crippen LogP contribution >= 0.6 is 0 Å². The Morgan fingerprint density at radius 3 is 2.23 bits per heavy atom. The van der Waals surface area contributed by atoms with Crippen molar-refractivity contribution in [2.24, 2.45) is 0 Å². The van der Waals surface area contributed by atoms with E-state index in [1.807, 2.05) is 45.4 Å². The highest BCUT2D eigenvalue weighted by atomic mass is 16.6. The van der Waals surface area contributed by atoms with Gasteiger partial charge in [0.2, 0.25) is 0 Å². The molecule has 220 valence electrons. The Balaban J connectivity index is 1.09. The van der Waals surface area contributed by atoms with E-state index in [1.54, 1.807) is 4.90 Å². The maximum atomic E-state index is 12.8. The first-order valence-electron chi connectivity index (χ1n) is 15.3. The van der Waals surface area contributed by atoms with Crippen LogP contribution in [0.1, 0.15) is 82.9 Å². The van der Waals surface area contributed by atoms with Gasteiger partial charge in [-0.25, -0.2) is 19.7 Å². The van der Waals surface area contributed by atoms with E-state index < -0.39 is 5.60 Å². The van der Waals surface area contributed by atoms with E-state index in [1.165, 1.54) is 25.7 Å². The number of amides is 1. The molecule has 0 spiro atoms. The molecule has 1 saturated carbocycles. The number of likely N-dealkylation sites (tertiary alicyclic amines) is 1. The third-order valence-electron chi connectivity index (χ3n) is 8.47. The number of carbonyl (C=O) groups excluding carboxylic acids is 1. The van der Waals surface area contributed by atoms with Crippen LogP contribution in [0.5, 0.6) is 0 Å². The molecule has 0 bridgehead atoms. The number of carbonyl (C=O) groups is 1. The van der Waals surface area contributed by atoms with Gasteiger partial charge in [0.15, 0.2) is 0 Å². The van der Waals surface area contributed by atoms with E-state index in [4.69, 9.17) is 9.72 Å². The Labute approximate surface area is 251 Å². The minimum absolute atomic E-state index is 0.114. The molecule has 1 saturated heterocycles. The number of fused-ring (bicyclic) bond motifs is 1. The minimum Gasteiger partial charge on any atom is -0.444 e. The standard InChI is InChI=1S/C34H37N7O2/c1-34(2,3)43-33(42)41-16-6-9-30(41)32-37-19-28(40-32)22-12-10-21(11-13-22)27-18-35-25-15-14-24(17-26(25)38-27)29-20-36-31(39-29)23-7-4-5-8-23/h10-15,17-20,23,30H,4-9,16H2,1-3H3,(H,36,39)(H,37,40)/t30-/m0/s1. The number of hydrogen-bond acceptors (Lipinski definition) is 6. The second-order valence-electron chi connectivity index (χ2n) is 12.7. The molecule has 2 aromatic carbocycles. The molecule has 7 rings (SSSR count). The van der Waals surface area contributed by atoms with Crippen LogP contribution in [0.15, 0.2) is 61.1 Å². The summed E-state index contributed by atoms with van der Waals surface area (Å²) in [6, 6.07) is 14.3. The van der Waals surface area contributed by atoms with Crippen LogP contribution in [-0.4, -0.2) is 53.0 Å². The Morgan fingerprint density at radius 1 is 0.791 bits per heavy atom. The summed E-state index contributed by atoms with van der Waals surface area (Å²) in [4.78, 5) is 40.5. The first-order chi connectivity index (χ1) is 20.8. The molecule has 1 atom stereocenters. The molecule has 2 N–H and O–H groups in total. The third kappa shape index (κ3) is 5.63. The molecule has 9 nitrogen and oxygen atoms in total. The Hall–Kier alpha value is -4.53. The molecule has 1 aliphatic carbocycles. The molecular formula is C34H37N7O2. The molecule has 4 heterocycles. The van der Waals surface area contributed by atoms with Gasteiger partial charge in [-0.15, -0.1) is 0 Å². The van der Waals surface area contributed by atoms with Crippen molar-refractivity contribution < 1.29 is 9.53 Å². The van der Waals surface area contributed by atoms with Crippen LogP contribution in [-0.2, 0) is 4.74 Å². The van der Waals surface area contributed by atoms with Gasteiger partial charge < -0.3 is 14.7 Å². The average molecular weight is 576 g/mol. The highest BCUT2D eigenvalue weighted by Crippen LogP contribution is 2.35. The van der Waals surface area contributed by atoms with Gasteiger partial charge in [-0.05, 0) is 64.2 Å². The zero-order valence-electron chi connectivity index (χ0n) is 24.9. The number of ether oxygens (including phenoxy) is 1. The lowest BCUT2D eigenvalue weighted by molar-refractivity contribution is 0.0218. The van der Waals surface area contributed by atoms with Crippen molar-refractivity contribution in [3.63, 3.8) is 0 Å². The van der Waals surface area contributed by atoms with Crippen LogP contribution in [0.4, 0.5) is 4.79 Å². The van der Waals surface area contributed by atoms with Gasteiger partial charge >= 0.3 is 6.09 Å². The lowest BCUT2D eigenvalue weighted by Gasteiger charge is -2.27. The van der Waals surface area contributed by atoms with E-state index in [0.29, 0.717) is 12.5 Å². The number of hydrogen-bond donors (Lipinski definition) is 2. The van der Waals surface area contributed by atoms with Gasteiger partial charge in [-0.2, -0.15) is 0 Å². The zero-order valence-corrected chi connectivity index (χ0v) is 24.9. The lowest BCUT2D eigenvalue weighted by Crippen LogP contribution is -2.36. The van der Waals surface area contributed by atoms with Crippen molar-refractivity contribution in [1.82, 2.24) is 34.8 Å². The summed E-state index contributed by atoms with van der Waals surface area (Å²) in [5.74, 6) is 2.43. The number of H-pyrrole nitrogens is 2.